The van der Waals surface area contributed by atoms with Crippen molar-refractivity contribution in [3.63, 3.8) is 0 Å². The summed E-state index contributed by atoms with van der Waals surface area (Å²) in [6.45, 7) is 9.59. The van der Waals surface area contributed by atoms with Gasteiger partial charge in [0.2, 0.25) is 5.91 Å². The number of nitrogens with zero attached hydrogens (tertiary/aromatic N) is 4. The van der Waals surface area contributed by atoms with E-state index in [1.807, 2.05) is 20.0 Å². The summed E-state index contributed by atoms with van der Waals surface area (Å²) in [6.07, 6.45) is 6.21. The van der Waals surface area contributed by atoms with E-state index in [0.29, 0.717) is 12.3 Å². The number of carbonyl (C=O) groups is 1. The number of rotatable bonds is 6. The van der Waals surface area contributed by atoms with E-state index < -0.39 is 0 Å². The van der Waals surface area contributed by atoms with Gasteiger partial charge in [-0.3, -0.25) is 9.69 Å². The molecule has 1 N–H and O–H groups in total. The van der Waals surface area contributed by atoms with Crippen LogP contribution in [0.5, 0.6) is 0 Å². The summed E-state index contributed by atoms with van der Waals surface area (Å²) in [5.74, 6) is 2.69. The zero-order valence-corrected chi connectivity index (χ0v) is 16.5. The van der Waals surface area contributed by atoms with Crippen molar-refractivity contribution in [3.05, 3.63) is 34.7 Å². The molecule has 0 radical (unpaired) electrons. The van der Waals surface area contributed by atoms with Crippen molar-refractivity contribution in [1.29, 1.82) is 0 Å². The molecular weight excluding hydrogens is 342 g/mol. The lowest BCUT2D eigenvalue weighted by atomic mass is 9.85. The summed E-state index contributed by atoms with van der Waals surface area (Å²) in [6, 6.07) is 0.194. The average Bonchev–Trinajstić information content (AvgIpc) is 3.14. The molecule has 2 aromatic rings. The van der Waals surface area contributed by atoms with Crippen LogP contribution >= 0.6 is 0 Å². The third kappa shape index (κ3) is 3.78. The number of aromatic nitrogens is 3. The highest BCUT2D eigenvalue weighted by atomic mass is 16.5. The van der Waals surface area contributed by atoms with Crippen LogP contribution in [0.4, 0.5) is 0 Å². The predicted octanol–water partition coefficient (Wildman–Crippen LogP) is 2.52. The van der Waals surface area contributed by atoms with Crippen LogP contribution in [0.25, 0.3) is 0 Å². The molecule has 7 heteroatoms. The number of hydrogen-bond donors (Lipinski definition) is 1. The Morgan fingerprint density at radius 2 is 2.15 bits per heavy atom. The second kappa shape index (κ2) is 7.46. The van der Waals surface area contributed by atoms with Gasteiger partial charge in [0.25, 0.3) is 0 Å². The van der Waals surface area contributed by atoms with Crippen molar-refractivity contribution < 1.29 is 9.32 Å². The van der Waals surface area contributed by atoms with Crippen LogP contribution in [0.2, 0.25) is 0 Å². The lowest BCUT2D eigenvalue weighted by Crippen LogP contribution is -2.36. The standard InChI is InChI=1S/C20H29N5O2/c1-13-18(15(3)27-23-13)12-24-7-8-25-11-17(22-20(25)14(24)2)9-19(26)21-10-16-5-4-6-16/h11,14,16H,4-10,12H2,1-3H3,(H,21,26). The van der Waals surface area contributed by atoms with Crippen LogP contribution in [0.15, 0.2) is 10.7 Å². The van der Waals surface area contributed by atoms with Gasteiger partial charge in [0.15, 0.2) is 0 Å². The summed E-state index contributed by atoms with van der Waals surface area (Å²) in [7, 11) is 0. The van der Waals surface area contributed by atoms with E-state index in [4.69, 9.17) is 9.51 Å². The van der Waals surface area contributed by atoms with Gasteiger partial charge >= 0.3 is 0 Å². The summed E-state index contributed by atoms with van der Waals surface area (Å²) in [5.41, 5.74) is 2.98. The molecule has 1 atom stereocenters. The quantitative estimate of drug-likeness (QED) is 0.844. The fraction of sp³-hybridized carbons (Fsp3) is 0.650. The number of imidazole rings is 1. The molecule has 3 heterocycles. The largest absolute Gasteiger partial charge is 0.361 e. The first kappa shape index (κ1) is 18.2. The Hall–Kier alpha value is -2.15. The third-order valence-electron chi connectivity index (χ3n) is 6.10. The molecular formula is C20H29N5O2. The molecule has 0 spiro atoms. The normalized spacial score (nSPS) is 20.3. The molecule has 4 rings (SSSR count). The highest BCUT2D eigenvalue weighted by Gasteiger charge is 2.28. The maximum atomic E-state index is 12.2. The topological polar surface area (TPSA) is 76.2 Å². The van der Waals surface area contributed by atoms with Gasteiger partial charge in [-0.2, -0.15) is 0 Å². The molecule has 7 nitrogen and oxygen atoms in total. The Labute approximate surface area is 160 Å². The van der Waals surface area contributed by atoms with Crippen LogP contribution in [0.3, 0.4) is 0 Å². The Balaban J connectivity index is 1.39. The molecule has 1 amide bonds. The molecule has 1 aliphatic heterocycles. The minimum Gasteiger partial charge on any atom is -0.361 e. The Kier molecular flexibility index (Phi) is 5.04. The summed E-state index contributed by atoms with van der Waals surface area (Å²) in [5, 5.41) is 7.12. The van der Waals surface area contributed by atoms with E-state index in [1.165, 1.54) is 19.3 Å². The second-order valence-electron chi connectivity index (χ2n) is 8.01. The zero-order chi connectivity index (χ0) is 19.0. The maximum absolute atomic E-state index is 12.2. The van der Waals surface area contributed by atoms with Gasteiger partial charge in [0.05, 0.1) is 23.9 Å². The van der Waals surface area contributed by atoms with E-state index in [2.05, 4.69) is 26.9 Å². The molecule has 0 aromatic carbocycles. The molecule has 1 fully saturated rings. The molecule has 0 bridgehead atoms. The van der Waals surface area contributed by atoms with Crippen molar-refractivity contribution in [1.82, 2.24) is 24.9 Å². The Morgan fingerprint density at radius 3 is 2.81 bits per heavy atom. The van der Waals surface area contributed by atoms with E-state index in [0.717, 1.165) is 54.7 Å². The molecule has 1 unspecified atom stereocenters. The predicted molar refractivity (Wildman–Crippen MR) is 101 cm³/mol. The number of carbonyl (C=O) groups excluding carboxylic acids is 1. The number of aryl methyl sites for hydroxylation is 2. The van der Waals surface area contributed by atoms with Crippen molar-refractivity contribution in [2.75, 3.05) is 13.1 Å². The number of hydrogen-bond acceptors (Lipinski definition) is 5. The Bertz CT molecular complexity index is 801. The Morgan fingerprint density at radius 1 is 1.33 bits per heavy atom. The van der Waals surface area contributed by atoms with Gasteiger partial charge in [-0.15, -0.1) is 0 Å². The summed E-state index contributed by atoms with van der Waals surface area (Å²) < 4.78 is 7.50. The fourth-order valence-corrected chi connectivity index (χ4v) is 4.01. The van der Waals surface area contributed by atoms with Gasteiger partial charge in [-0.25, -0.2) is 4.98 Å². The molecule has 1 aliphatic carbocycles. The minimum atomic E-state index is 0.0811. The van der Waals surface area contributed by atoms with Crippen LogP contribution < -0.4 is 5.32 Å². The zero-order valence-electron chi connectivity index (χ0n) is 16.5. The first-order chi connectivity index (χ1) is 13.0. The smallest absolute Gasteiger partial charge is 0.226 e. The van der Waals surface area contributed by atoms with E-state index in [1.54, 1.807) is 0 Å². The van der Waals surface area contributed by atoms with Gasteiger partial charge in [0.1, 0.15) is 11.6 Å². The number of fused-ring (bicyclic) bond motifs is 1. The average molecular weight is 371 g/mol. The van der Waals surface area contributed by atoms with Crippen molar-refractivity contribution in [2.45, 2.75) is 65.6 Å². The molecule has 27 heavy (non-hydrogen) atoms. The number of nitrogens with one attached hydrogen (secondary N) is 1. The summed E-state index contributed by atoms with van der Waals surface area (Å²) >= 11 is 0. The van der Waals surface area contributed by atoms with Crippen LogP contribution in [0, 0.1) is 19.8 Å². The van der Waals surface area contributed by atoms with Crippen molar-refractivity contribution >= 4 is 5.91 Å². The van der Waals surface area contributed by atoms with Gasteiger partial charge in [0, 0.05) is 37.9 Å². The number of amides is 1. The van der Waals surface area contributed by atoms with E-state index in [9.17, 15) is 4.79 Å². The SMILES string of the molecule is Cc1noc(C)c1CN1CCn2cc(CC(=O)NCC3CCC3)nc2C1C. The third-order valence-corrected chi connectivity index (χ3v) is 6.10. The van der Waals surface area contributed by atoms with E-state index >= 15 is 0 Å². The van der Waals surface area contributed by atoms with E-state index in [-0.39, 0.29) is 11.9 Å². The maximum Gasteiger partial charge on any atom is 0.226 e. The first-order valence-corrected chi connectivity index (χ1v) is 9.99. The highest BCUT2D eigenvalue weighted by molar-refractivity contribution is 5.78. The highest BCUT2D eigenvalue weighted by Crippen LogP contribution is 2.28. The minimum absolute atomic E-state index is 0.0811. The van der Waals surface area contributed by atoms with Crippen LogP contribution in [-0.4, -0.2) is 38.6 Å². The van der Waals surface area contributed by atoms with Gasteiger partial charge in [-0.1, -0.05) is 11.6 Å². The van der Waals surface area contributed by atoms with Gasteiger partial charge in [-0.05, 0) is 39.5 Å². The van der Waals surface area contributed by atoms with Crippen LogP contribution in [0.1, 0.15) is 60.8 Å². The molecule has 0 saturated heterocycles. The monoisotopic (exact) mass is 371 g/mol. The second-order valence-corrected chi connectivity index (χ2v) is 8.01. The molecule has 1 saturated carbocycles. The van der Waals surface area contributed by atoms with Crippen LogP contribution in [-0.2, 0) is 24.3 Å². The summed E-state index contributed by atoms with van der Waals surface area (Å²) in [4.78, 5) is 19.4. The fourth-order valence-electron chi connectivity index (χ4n) is 4.01. The molecule has 2 aromatic heterocycles. The van der Waals surface area contributed by atoms with Crippen molar-refractivity contribution in [3.8, 4) is 0 Å². The lowest BCUT2D eigenvalue weighted by Gasteiger charge is -2.33. The first-order valence-electron chi connectivity index (χ1n) is 9.99. The lowest BCUT2D eigenvalue weighted by molar-refractivity contribution is -0.120. The van der Waals surface area contributed by atoms with Gasteiger partial charge < -0.3 is 14.4 Å². The van der Waals surface area contributed by atoms with Crippen molar-refractivity contribution in [2.24, 2.45) is 5.92 Å². The molecule has 2 aliphatic rings. The molecule has 146 valence electrons.